The highest BCUT2D eigenvalue weighted by molar-refractivity contribution is 9.10. The van der Waals surface area contributed by atoms with Gasteiger partial charge in [-0.05, 0) is 77.2 Å². The van der Waals surface area contributed by atoms with Crippen LogP contribution in [0.5, 0.6) is 0 Å². The van der Waals surface area contributed by atoms with Crippen molar-refractivity contribution in [3.63, 3.8) is 0 Å². The van der Waals surface area contributed by atoms with Gasteiger partial charge in [0.2, 0.25) is 0 Å². The van der Waals surface area contributed by atoms with Gasteiger partial charge in [0, 0.05) is 42.0 Å². The van der Waals surface area contributed by atoms with Crippen molar-refractivity contribution in [3.8, 4) is 0 Å². The molecule has 12 atom stereocenters. The molecule has 1 N–H and O–H groups in total. The van der Waals surface area contributed by atoms with Crippen LogP contribution in [0.25, 0.3) is 0 Å². The van der Waals surface area contributed by atoms with Gasteiger partial charge in [-0.25, -0.2) is 4.79 Å². The lowest BCUT2D eigenvalue weighted by Gasteiger charge is -2.51. The van der Waals surface area contributed by atoms with E-state index in [1.165, 1.54) is 18.3 Å². The summed E-state index contributed by atoms with van der Waals surface area (Å²) < 4.78 is 39.0. The maximum atomic E-state index is 14.5. The van der Waals surface area contributed by atoms with E-state index in [9.17, 15) is 19.5 Å². The topological polar surface area (TPSA) is 127 Å². The van der Waals surface area contributed by atoms with Crippen LogP contribution in [0.1, 0.15) is 96.7 Å². The molecule has 1 aliphatic carbocycles. The standard InChI is InChI=1S/C41H53BrO10S/c1-8-22(2)35-25(5)14-15-40(52-35)19-31-18-30(51-40)13-12-24(4)34(48-27(7)43)23(3)10-9-11-28-20-47-37-36(50-39(45)33-17-29(42)21-53-33)26(6)16-32(38(44)49-31)41(28,37)46/h9-12,16-17,21-23,25,30-32,34-37,46H,8,13-15,18-20H2,1-7H3/b10-9+,24-12+,28-11+/t22-,23-,25-,30+,31-,32-,34-,35+,36+,37+,40+,41+/m0/s1. The molecule has 53 heavy (non-hydrogen) atoms. The van der Waals surface area contributed by atoms with Crippen LogP contribution in [0.4, 0.5) is 0 Å². The number of thiophene rings is 1. The third kappa shape index (κ3) is 8.33. The Kier molecular flexibility index (Phi) is 12.3. The van der Waals surface area contributed by atoms with E-state index in [1.807, 2.05) is 19.9 Å². The lowest BCUT2D eigenvalue weighted by atomic mass is 9.70. The number of esters is 3. The molecular formula is C41H53BrO10S. The van der Waals surface area contributed by atoms with Gasteiger partial charge in [0.1, 0.15) is 34.7 Å². The summed E-state index contributed by atoms with van der Waals surface area (Å²) in [6, 6.07) is 1.68. The summed E-state index contributed by atoms with van der Waals surface area (Å²) >= 11 is 4.63. The number of ether oxygens (including phenoxy) is 6. The van der Waals surface area contributed by atoms with Crippen molar-refractivity contribution in [2.24, 2.45) is 23.7 Å². The van der Waals surface area contributed by atoms with Crippen LogP contribution in [0.2, 0.25) is 0 Å². The highest BCUT2D eigenvalue weighted by atomic mass is 79.9. The Morgan fingerprint density at radius 3 is 2.60 bits per heavy atom. The fourth-order valence-electron chi connectivity index (χ4n) is 8.65. The zero-order chi connectivity index (χ0) is 38.2. The van der Waals surface area contributed by atoms with E-state index in [4.69, 9.17) is 28.4 Å². The van der Waals surface area contributed by atoms with Gasteiger partial charge in [-0.2, -0.15) is 0 Å². The second-order valence-corrected chi connectivity index (χ2v) is 17.5. The molecule has 4 aliphatic heterocycles. The van der Waals surface area contributed by atoms with Crippen molar-refractivity contribution >= 4 is 45.2 Å². The van der Waals surface area contributed by atoms with E-state index in [0.717, 1.165) is 22.9 Å². The Hall–Kier alpha value is -2.61. The van der Waals surface area contributed by atoms with Gasteiger partial charge in [0.05, 0.1) is 18.8 Å². The molecule has 0 aromatic carbocycles. The number of hydrogen-bond acceptors (Lipinski definition) is 11. The van der Waals surface area contributed by atoms with Gasteiger partial charge in [-0.3, -0.25) is 9.59 Å². The Morgan fingerprint density at radius 1 is 1.13 bits per heavy atom. The maximum Gasteiger partial charge on any atom is 0.349 e. The predicted octanol–water partition coefficient (Wildman–Crippen LogP) is 7.79. The van der Waals surface area contributed by atoms with Crippen LogP contribution in [0.15, 0.2) is 63.0 Å². The molecule has 290 valence electrons. The van der Waals surface area contributed by atoms with Gasteiger partial charge >= 0.3 is 17.9 Å². The molecule has 1 aromatic heterocycles. The van der Waals surface area contributed by atoms with E-state index in [1.54, 1.807) is 36.6 Å². The Labute approximate surface area is 325 Å². The van der Waals surface area contributed by atoms with Crippen molar-refractivity contribution < 1.29 is 47.9 Å². The quantitative estimate of drug-likeness (QED) is 0.179. The van der Waals surface area contributed by atoms with Gasteiger partial charge in [0.25, 0.3) is 0 Å². The van der Waals surface area contributed by atoms with Crippen molar-refractivity contribution in [2.75, 3.05) is 6.61 Å². The van der Waals surface area contributed by atoms with Gasteiger partial charge in [0.15, 0.2) is 11.9 Å². The molecule has 1 aromatic rings. The van der Waals surface area contributed by atoms with Crippen LogP contribution in [0.3, 0.4) is 0 Å². The normalized spacial score (nSPS) is 40.7. The van der Waals surface area contributed by atoms with Crippen molar-refractivity contribution in [2.45, 2.75) is 135 Å². The zero-order valence-electron chi connectivity index (χ0n) is 31.7. The van der Waals surface area contributed by atoms with Crippen LogP contribution >= 0.6 is 27.3 Å². The number of carbonyl (C=O) groups excluding carboxylic acids is 3. The van der Waals surface area contributed by atoms with Crippen LogP contribution in [-0.4, -0.2) is 77.6 Å². The summed E-state index contributed by atoms with van der Waals surface area (Å²) in [5.74, 6) is -3.17. The highest BCUT2D eigenvalue weighted by Gasteiger charge is 2.61. The molecule has 3 fully saturated rings. The second kappa shape index (κ2) is 16.2. The fraction of sp³-hybridized carbons (Fsp3) is 0.634. The molecule has 1 spiro atoms. The Bertz CT molecular complexity index is 1680. The molecule has 0 saturated carbocycles. The summed E-state index contributed by atoms with van der Waals surface area (Å²) in [5, 5.41) is 14.5. The fourth-order valence-corrected chi connectivity index (χ4v) is 9.96. The third-order valence-corrected chi connectivity index (χ3v) is 13.4. The first-order valence-corrected chi connectivity index (χ1v) is 20.6. The largest absolute Gasteiger partial charge is 0.462 e. The average molecular weight is 818 g/mol. The molecule has 5 heterocycles. The molecule has 3 saturated heterocycles. The third-order valence-electron chi connectivity index (χ3n) is 11.7. The minimum atomic E-state index is -1.88. The first-order valence-electron chi connectivity index (χ1n) is 18.9. The van der Waals surface area contributed by atoms with Gasteiger partial charge in [-0.15, -0.1) is 11.3 Å². The highest BCUT2D eigenvalue weighted by Crippen LogP contribution is 2.48. The number of carbonyl (C=O) groups is 3. The second-order valence-electron chi connectivity index (χ2n) is 15.7. The summed E-state index contributed by atoms with van der Waals surface area (Å²) in [4.78, 5) is 40.4. The number of hydrogen-bond donors (Lipinski definition) is 1. The van der Waals surface area contributed by atoms with Crippen molar-refractivity contribution in [3.05, 3.63) is 67.9 Å². The molecule has 12 heteroatoms. The van der Waals surface area contributed by atoms with Crippen LogP contribution in [-0.2, 0) is 38.0 Å². The van der Waals surface area contributed by atoms with E-state index in [0.29, 0.717) is 53.5 Å². The predicted molar refractivity (Wildman–Crippen MR) is 203 cm³/mol. The first kappa shape index (κ1) is 40.1. The zero-order valence-corrected chi connectivity index (χ0v) is 34.1. The molecular weight excluding hydrogens is 764 g/mol. The van der Waals surface area contributed by atoms with Gasteiger partial charge in [-0.1, -0.05) is 64.5 Å². The minimum absolute atomic E-state index is 0.00116. The molecule has 5 aliphatic rings. The number of allylic oxidation sites excluding steroid dienone is 2. The molecule has 10 nitrogen and oxygen atoms in total. The summed E-state index contributed by atoms with van der Waals surface area (Å²) in [7, 11) is 0. The van der Waals surface area contributed by atoms with Crippen LogP contribution in [0, 0.1) is 23.7 Å². The molecule has 0 radical (unpaired) electrons. The lowest BCUT2D eigenvalue weighted by molar-refractivity contribution is -0.340. The monoisotopic (exact) mass is 816 g/mol. The SMILES string of the molecule is CC[C@H](C)[C@H]1O[C@]2(CC[C@@H]1C)C[C@@H]1C[C@@H](C/C=C(\C)[C@@H](OC(C)=O)[C@@H](C)/C=C/C=C3\CO[C@@H]4[C@H](OC(=O)c5cc(Br)cs5)C(C)=C[C@@H](C(=O)O1)[C@]34O)O2. The van der Waals surface area contributed by atoms with Crippen molar-refractivity contribution in [1.82, 2.24) is 0 Å². The minimum Gasteiger partial charge on any atom is -0.462 e. The number of fused-ring (bicyclic) bond motifs is 2. The number of aliphatic hydroxyl groups is 1. The molecule has 0 unspecified atom stereocenters. The van der Waals surface area contributed by atoms with E-state index in [-0.39, 0.29) is 30.7 Å². The summed E-state index contributed by atoms with van der Waals surface area (Å²) in [6.45, 7) is 13.7. The summed E-state index contributed by atoms with van der Waals surface area (Å²) in [6.07, 6.45) is 9.49. The lowest BCUT2D eigenvalue weighted by Crippen LogP contribution is -2.59. The van der Waals surface area contributed by atoms with Crippen molar-refractivity contribution in [1.29, 1.82) is 0 Å². The van der Waals surface area contributed by atoms with E-state index >= 15 is 0 Å². The Morgan fingerprint density at radius 2 is 1.91 bits per heavy atom. The molecule has 2 bridgehead atoms. The van der Waals surface area contributed by atoms with Crippen LogP contribution < -0.4 is 0 Å². The van der Waals surface area contributed by atoms with Gasteiger partial charge < -0.3 is 33.5 Å². The van der Waals surface area contributed by atoms with E-state index in [2.05, 4.69) is 42.8 Å². The maximum absolute atomic E-state index is 14.5. The molecule has 6 rings (SSSR count). The summed E-state index contributed by atoms with van der Waals surface area (Å²) in [5.41, 5.74) is 0.0243. The number of halogens is 1. The average Bonchev–Trinajstić information content (AvgIpc) is 3.70. The first-order chi connectivity index (χ1) is 25.1. The number of rotatable bonds is 5. The van der Waals surface area contributed by atoms with E-state index < -0.39 is 53.7 Å². The Balaban J connectivity index is 1.40. The molecule has 0 amide bonds. The smallest absolute Gasteiger partial charge is 0.349 e.